The Bertz CT molecular complexity index is 617. The van der Waals surface area contributed by atoms with Gasteiger partial charge in [-0.3, -0.25) is 4.98 Å². The number of hydrogen-bond donors (Lipinski definition) is 0. The average molecular weight is 277 g/mol. The minimum absolute atomic E-state index is 0.369. The van der Waals surface area contributed by atoms with Crippen molar-refractivity contribution in [2.45, 2.75) is 25.7 Å². The van der Waals surface area contributed by atoms with Gasteiger partial charge in [0.05, 0.1) is 18.2 Å². The molecule has 3 rings (SSSR count). The van der Waals surface area contributed by atoms with Crippen molar-refractivity contribution in [3.63, 3.8) is 0 Å². The lowest BCUT2D eigenvalue weighted by atomic mass is 10.1. The molecule has 0 N–H and O–H groups in total. The molecule has 0 atom stereocenters. The largest absolute Gasteiger partial charge is 0.372 e. The van der Waals surface area contributed by atoms with Crippen molar-refractivity contribution in [3.8, 4) is 17.2 Å². The molecule has 21 heavy (non-hydrogen) atoms. The Morgan fingerprint density at radius 1 is 0.952 bits per heavy atom. The van der Waals surface area contributed by atoms with Gasteiger partial charge in [-0.15, -0.1) is 0 Å². The third-order valence-corrected chi connectivity index (χ3v) is 4.01. The number of aromatic nitrogens is 1. The quantitative estimate of drug-likeness (QED) is 0.856. The summed E-state index contributed by atoms with van der Waals surface area (Å²) < 4.78 is 0. The fourth-order valence-corrected chi connectivity index (χ4v) is 2.80. The highest BCUT2D eigenvalue weighted by atomic mass is 15.1. The fraction of sp³-hybridized carbons (Fsp3) is 0.333. The van der Waals surface area contributed by atoms with E-state index in [2.05, 4.69) is 40.2 Å². The molecule has 106 valence electrons. The Balaban J connectivity index is 1.75. The van der Waals surface area contributed by atoms with Gasteiger partial charge in [0, 0.05) is 30.5 Å². The average Bonchev–Trinajstić information content (AvgIpc) is 2.57. The molecule has 0 aliphatic carbocycles. The van der Waals surface area contributed by atoms with Crippen molar-refractivity contribution in [3.05, 3.63) is 48.3 Å². The molecule has 0 unspecified atom stereocenters. The van der Waals surface area contributed by atoms with Gasteiger partial charge in [0.1, 0.15) is 0 Å². The predicted octanol–water partition coefficient (Wildman–Crippen LogP) is 3.80. The van der Waals surface area contributed by atoms with Gasteiger partial charge in [0.25, 0.3) is 0 Å². The van der Waals surface area contributed by atoms with Crippen LogP contribution >= 0.6 is 0 Å². The lowest BCUT2D eigenvalue weighted by Gasteiger charge is -2.28. The second-order valence-electron chi connectivity index (χ2n) is 5.47. The molecule has 1 aliphatic rings. The Morgan fingerprint density at radius 3 is 2.29 bits per heavy atom. The first kappa shape index (κ1) is 13.6. The van der Waals surface area contributed by atoms with E-state index in [1.165, 1.54) is 43.6 Å². The summed E-state index contributed by atoms with van der Waals surface area (Å²) in [6.07, 6.45) is 6.17. The smallest absolute Gasteiger partial charge is 0.0774 e. The van der Waals surface area contributed by atoms with Crippen LogP contribution in [-0.4, -0.2) is 18.1 Å². The number of piperidine rings is 1. The fourth-order valence-electron chi connectivity index (χ4n) is 2.80. The van der Waals surface area contributed by atoms with E-state index >= 15 is 0 Å². The van der Waals surface area contributed by atoms with Gasteiger partial charge in [0.2, 0.25) is 0 Å². The highest BCUT2D eigenvalue weighted by molar-refractivity contribution is 5.65. The maximum Gasteiger partial charge on any atom is 0.0774 e. The summed E-state index contributed by atoms with van der Waals surface area (Å²) in [5.41, 5.74) is 4.41. The van der Waals surface area contributed by atoms with Gasteiger partial charge < -0.3 is 4.90 Å². The van der Waals surface area contributed by atoms with Gasteiger partial charge in [-0.2, -0.15) is 5.26 Å². The maximum atomic E-state index is 8.67. The molecule has 3 heteroatoms. The van der Waals surface area contributed by atoms with Crippen molar-refractivity contribution in [1.82, 2.24) is 4.98 Å². The third kappa shape index (κ3) is 3.22. The van der Waals surface area contributed by atoms with E-state index < -0.39 is 0 Å². The molecule has 0 amide bonds. The topological polar surface area (TPSA) is 39.9 Å². The van der Waals surface area contributed by atoms with Crippen LogP contribution in [0.5, 0.6) is 0 Å². The molecular weight excluding hydrogens is 258 g/mol. The number of hydrogen-bond acceptors (Lipinski definition) is 3. The van der Waals surface area contributed by atoms with Gasteiger partial charge in [-0.05, 0) is 43.0 Å². The molecule has 0 radical (unpaired) electrons. The number of benzene rings is 1. The van der Waals surface area contributed by atoms with E-state index in [0.29, 0.717) is 6.42 Å². The predicted molar refractivity (Wildman–Crippen MR) is 85.1 cm³/mol. The maximum absolute atomic E-state index is 8.67. The second-order valence-corrected chi connectivity index (χ2v) is 5.47. The van der Waals surface area contributed by atoms with Crippen LogP contribution in [0.25, 0.3) is 11.1 Å². The Hall–Kier alpha value is -2.34. The van der Waals surface area contributed by atoms with E-state index in [-0.39, 0.29) is 0 Å². The number of nitriles is 1. The number of nitrogens with zero attached hydrogens (tertiary/aromatic N) is 3. The zero-order chi connectivity index (χ0) is 14.5. The second kappa shape index (κ2) is 6.41. The zero-order valence-electron chi connectivity index (χ0n) is 12.1. The Kier molecular flexibility index (Phi) is 4.16. The normalized spacial score (nSPS) is 14.7. The molecule has 1 aromatic carbocycles. The molecular formula is C18H19N3. The first-order valence-electron chi connectivity index (χ1n) is 7.54. The first-order chi connectivity index (χ1) is 10.4. The molecule has 0 saturated carbocycles. The van der Waals surface area contributed by atoms with Crippen LogP contribution < -0.4 is 4.90 Å². The summed E-state index contributed by atoms with van der Waals surface area (Å²) in [5, 5.41) is 8.67. The van der Waals surface area contributed by atoms with E-state index in [1.807, 2.05) is 18.3 Å². The first-order valence-corrected chi connectivity index (χ1v) is 7.54. The summed E-state index contributed by atoms with van der Waals surface area (Å²) in [5.74, 6) is 0. The lowest BCUT2D eigenvalue weighted by Crippen LogP contribution is -2.29. The molecule has 1 aliphatic heterocycles. The molecule has 1 saturated heterocycles. The van der Waals surface area contributed by atoms with Crippen LogP contribution in [0.2, 0.25) is 0 Å². The third-order valence-electron chi connectivity index (χ3n) is 4.01. The van der Waals surface area contributed by atoms with Crippen LogP contribution in [0.1, 0.15) is 25.0 Å². The minimum Gasteiger partial charge on any atom is -0.372 e. The molecule has 0 spiro atoms. The minimum atomic E-state index is 0.369. The van der Waals surface area contributed by atoms with Gasteiger partial charge in [0.15, 0.2) is 0 Å². The molecule has 1 fully saturated rings. The van der Waals surface area contributed by atoms with E-state index in [0.717, 1.165) is 11.3 Å². The summed E-state index contributed by atoms with van der Waals surface area (Å²) >= 11 is 0. The van der Waals surface area contributed by atoms with Gasteiger partial charge in [-0.25, -0.2) is 0 Å². The summed E-state index contributed by atoms with van der Waals surface area (Å²) in [6.45, 7) is 2.34. The number of rotatable bonds is 3. The number of anilines is 1. The standard InChI is InChI=1S/C18H19N3/c19-11-10-17-7-4-16(14-20-17)15-5-8-18(9-6-15)21-12-2-1-3-13-21/h4-9,14H,1-3,10,12-13H2. The molecule has 0 bridgehead atoms. The van der Waals surface area contributed by atoms with Crippen LogP contribution in [0.4, 0.5) is 5.69 Å². The van der Waals surface area contributed by atoms with Crippen molar-refractivity contribution in [2.75, 3.05) is 18.0 Å². The highest BCUT2D eigenvalue weighted by Crippen LogP contribution is 2.24. The van der Waals surface area contributed by atoms with Crippen molar-refractivity contribution < 1.29 is 0 Å². The molecule has 2 aromatic rings. The zero-order valence-corrected chi connectivity index (χ0v) is 12.1. The molecule has 2 heterocycles. The van der Waals surface area contributed by atoms with Crippen molar-refractivity contribution >= 4 is 5.69 Å². The summed E-state index contributed by atoms with van der Waals surface area (Å²) in [6, 6.07) is 14.8. The van der Waals surface area contributed by atoms with Crippen molar-refractivity contribution in [2.24, 2.45) is 0 Å². The Morgan fingerprint density at radius 2 is 1.67 bits per heavy atom. The monoisotopic (exact) mass is 277 g/mol. The van der Waals surface area contributed by atoms with Gasteiger partial charge >= 0.3 is 0 Å². The lowest BCUT2D eigenvalue weighted by molar-refractivity contribution is 0.578. The SMILES string of the molecule is N#CCc1ccc(-c2ccc(N3CCCCC3)cc2)cn1. The van der Waals surface area contributed by atoms with Crippen LogP contribution in [0.3, 0.4) is 0 Å². The van der Waals surface area contributed by atoms with E-state index in [9.17, 15) is 0 Å². The van der Waals surface area contributed by atoms with Gasteiger partial charge in [-0.1, -0.05) is 18.2 Å². The highest BCUT2D eigenvalue weighted by Gasteiger charge is 2.10. The summed E-state index contributed by atoms with van der Waals surface area (Å²) in [4.78, 5) is 6.78. The van der Waals surface area contributed by atoms with Crippen LogP contribution in [0, 0.1) is 11.3 Å². The Labute approximate surface area is 125 Å². The summed E-state index contributed by atoms with van der Waals surface area (Å²) in [7, 11) is 0. The van der Waals surface area contributed by atoms with Crippen LogP contribution in [-0.2, 0) is 6.42 Å². The van der Waals surface area contributed by atoms with Crippen LogP contribution in [0.15, 0.2) is 42.6 Å². The molecule has 1 aromatic heterocycles. The molecule has 3 nitrogen and oxygen atoms in total. The van der Waals surface area contributed by atoms with E-state index in [1.54, 1.807) is 0 Å². The van der Waals surface area contributed by atoms with Crippen molar-refractivity contribution in [1.29, 1.82) is 5.26 Å². The number of pyridine rings is 1. The van der Waals surface area contributed by atoms with E-state index in [4.69, 9.17) is 5.26 Å².